The quantitative estimate of drug-likeness (QED) is 0.779. The van der Waals surface area contributed by atoms with Crippen LogP contribution in [-0.2, 0) is 0 Å². The summed E-state index contributed by atoms with van der Waals surface area (Å²) in [4.78, 5) is 4.52. The van der Waals surface area contributed by atoms with Crippen LogP contribution >= 0.6 is 0 Å². The molecule has 0 unspecified atom stereocenters. The summed E-state index contributed by atoms with van der Waals surface area (Å²) >= 11 is 0. The Labute approximate surface area is 95.3 Å². The number of hydrogen-bond donors (Lipinski definition) is 0. The van der Waals surface area contributed by atoms with Gasteiger partial charge in [-0.1, -0.05) is 13.8 Å². The minimum atomic E-state index is 0.377. The molecule has 2 heterocycles. The third-order valence-corrected chi connectivity index (χ3v) is 2.66. The number of ether oxygens (including phenoxy) is 1. The van der Waals surface area contributed by atoms with Gasteiger partial charge in [-0.05, 0) is 25.3 Å². The maximum atomic E-state index is 5.31. The van der Waals surface area contributed by atoms with Crippen molar-refractivity contribution in [2.24, 2.45) is 0 Å². The van der Waals surface area contributed by atoms with Gasteiger partial charge in [0.1, 0.15) is 5.82 Å². The van der Waals surface area contributed by atoms with Gasteiger partial charge in [-0.15, -0.1) is 5.10 Å². The summed E-state index contributed by atoms with van der Waals surface area (Å²) in [6, 6.07) is 2.00. The average molecular weight is 219 g/mol. The fourth-order valence-electron chi connectivity index (χ4n) is 1.94. The van der Waals surface area contributed by atoms with Crippen molar-refractivity contribution < 1.29 is 4.74 Å². The number of hydrogen-bond acceptors (Lipinski definition) is 3. The number of aryl methyl sites for hydroxylation is 2. The molecule has 0 bridgehead atoms. The molecule has 0 radical (unpaired) electrons. The first-order valence-electron chi connectivity index (χ1n) is 5.45. The molecule has 86 valence electrons. The predicted molar refractivity (Wildman–Crippen MR) is 63.1 cm³/mol. The number of rotatable bonds is 2. The first-order chi connectivity index (χ1) is 7.54. The lowest BCUT2D eigenvalue weighted by molar-refractivity contribution is 0.386. The van der Waals surface area contributed by atoms with E-state index in [1.807, 2.05) is 17.5 Å². The van der Waals surface area contributed by atoms with E-state index in [4.69, 9.17) is 4.74 Å². The Morgan fingerprint density at radius 2 is 2.00 bits per heavy atom. The van der Waals surface area contributed by atoms with E-state index in [-0.39, 0.29) is 0 Å². The van der Waals surface area contributed by atoms with Crippen molar-refractivity contribution >= 4 is 5.52 Å². The van der Waals surface area contributed by atoms with Gasteiger partial charge >= 0.3 is 0 Å². The molecule has 16 heavy (non-hydrogen) atoms. The first kappa shape index (κ1) is 10.9. The molecule has 0 atom stereocenters. The third-order valence-electron chi connectivity index (χ3n) is 2.66. The van der Waals surface area contributed by atoms with E-state index in [9.17, 15) is 0 Å². The highest BCUT2D eigenvalue weighted by Gasteiger charge is 2.15. The minimum absolute atomic E-state index is 0.377. The normalized spacial score (nSPS) is 11.4. The molecular formula is C12H17N3O. The van der Waals surface area contributed by atoms with Crippen molar-refractivity contribution in [1.29, 1.82) is 0 Å². The first-order valence-corrected chi connectivity index (χ1v) is 5.45. The Morgan fingerprint density at radius 3 is 2.56 bits per heavy atom. The van der Waals surface area contributed by atoms with E-state index < -0.39 is 0 Å². The topological polar surface area (TPSA) is 39.4 Å². The molecule has 2 rings (SSSR count). The van der Waals surface area contributed by atoms with E-state index in [1.165, 1.54) is 0 Å². The van der Waals surface area contributed by atoms with Crippen LogP contribution in [0.2, 0.25) is 0 Å². The van der Waals surface area contributed by atoms with Crippen molar-refractivity contribution in [3.8, 4) is 5.88 Å². The molecule has 0 aliphatic rings. The van der Waals surface area contributed by atoms with Crippen LogP contribution in [-0.4, -0.2) is 21.7 Å². The van der Waals surface area contributed by atoms with Gasteiger partial charge in [-0.2, -0.15) is 4.52 Å². The molecule has 0 fully saturated rings. The van der Waals surface area contributed by atoms with E-state index in [1.54, 1.807) is 7.11 Å². The zero-order valence-corrected chi connectivity index (χ0v) is 10.4. The Balaban J connectivity index is 2.85. The summed E-state index contributed by atoms with van der Waals surface area (Å²) in [5.74, 6) is 1.91. The van der Waals surface area contributed by atoms with E-state index in [2.05, 4.69) is 30.9 Å². The number of nitrogens with zero attached hydrogens (tertiary/aromatic N) is 3. The Kier molecular flexibility index (Phi) is 2.58. The molecule has 0 saturated carbocycles. The second kappa shape index (κ2) is 3.77. The van der Waals surface area contributed by atoms with Gasteiger partial charge in [0, 0.05) is 6.07 Å². The van der Waals surface area contributed by atoms with Crippen molar-refractivity contribution in [1.82, 2.24) is 14.6 Å². The number of fused-ring (bicyclic) bond motifs is 1. The van der Waals surface area contributed by atoms with Crippen LogP contribution in [0.3, 0.4) is 0 Å². The van der Waals surface area contributed by atoms with Crippen LogP contribution in [0.5, 0.6) is 5.88 Å². The highest BCUT2D eigenvalue weighted by Crippen LogP contribution is 2.27. The lowest BCUT2D eigenvalue weighted by atomic mass is 10.1. The minimum Gasteiger partial charge on any atom is -0.481 e. The van der Waals surface area contributed by atoms with E-state index >= 15 is 0 Å². The molecule has 0 spiro atoms. The third kappa shape index (κ3) is 1.54. The molecule has 4 nitrogen and oxygen atoms in total. The van der Waals surface area contributed by atoms with Crippen molar-refractivity contribution in [3.05, 3.63) is 23.1 Å². The number of aromatic nitrogens is 3. The fraction of sp³-hybridized carbons (Fsp3) is 0.500. The Hall–Kier alpha value is -1.58. The molecule has 0 aliphatic carbocycles. The highest BCUT2D eigenvalue weighted by atomic mass is 16.5. The summed E-state index contributed by atoms with van der Waals surface area (Å²) in [6.07, 6.45) is 0. The molecule has 4 heteroatoms. The van der Waals surface area contributed by atoms with Gasteiger partial charge in [0.05, 0.1) is 18.3 Å². The van der Waals surface area contributed by atoms with Gasteiger partial charge in [0.2, 0.25) is 5.88 Å². The zero-order chi connectivity index (χ0) is 11.9. The van der Waals surface area contributed by atoms with Crippen molar-refractivity contribution in [2.75, 3.05) is 7.11 Å². The lowest BCUT2D eigenvalue weighted by Gasteiger charge is -2.09. The van der Waals surface area contributed by atoms with Gasteiger partial charge in [0.15, 0.2) is 0 Å². The summed E-state index contributed by atoms with van der Waals surface area (Å²) in [6.45, 7) is 8.24. The highest BCUT2D eigenvalue weighted by molar-refractivity contribution is 5.62. The molecular weight excluding hydrogens is 202 g/mol. The summed E-state index contributed by atoms with van der Waals surface area (Å²) in [5.41, 5.74) is 3.30. The van der Waals surface area contributed by atoms with Crippen LogP contribution in [0.4, 0.5) is 0 Å². The summed E-state index contributed by atoms with van der Waals surface area (Å²) in [5, 5.41) is 4.39. The van der Waals surface area contributed by atoms with Gasteiger partial charge in [-0.25, -0.2) is 4.98 Å². The van der Waals surface area contributed by atoms with Crippen molar-refractivity contribution in [3.63, 3.8) is 0 Å². The van der Waals surface area contributed by atoms with Crippen LogP contribution in [0.25, 0.3) is 5.52 Å². The molecule has 2 aromatic heterocycles. The van der Waals surface area contributed by atoms with Crippen LogP contribution in [0.1, 0.15) is 36.8 Å². The smallest absolute Gasteiger partial charge is 0.215 e. The van der Waals surface area contributed by atoms with Gasteiger partial charge in [-0.3, -0.25) is 0 Å². The van der Waals surface area contributed by atoms with E-state index in [0.29, 0.717) is 5.92 Å². The Morgan fingerprint density at radius 1 is 1.31 bits per heavy atom. The van der Waals surface area contributed by atoms with Crippen LogP contribution in [0, 0.1) is 13.8 Å². The van der Waals surface area contributed by atoms with Crippen LogP contribution < -0.4 is 4.74 Å². The summed E-state index contributed by atoms with van der Waals surface area (Å²) < 4.78 is 7.15. The van der Waals surface area contributed by atoms with Gasteiger partial charge < -0.3 is 4.74 Å². The fourth-order valence-corrected chi connectivity index (χ4v) is 1.94. The Bertz CT molecular complexity index is 529. The average Bonchev–Trinajstić information content (AvgIpc) is 2.54. The number of methoxy groups -OCH3 is 1. The largest absolute Gasteiger partial charge is 0.481 e. The van der Waals surface area contributed by atoms with Crippen molar-refractivity contribution in [2.45, 2.75) is 33.6 Å². The lowest BCUT2D eigenvalue weighted by Crippen LogP contribution is -2.06. The second-order valence-corrected chi connectivity index (χ2v) is 4.33. The summed E-state index contributed by atoms with van der Waals surface area (Å²) in [7, 11) is 1.66. The SMILES string of the molecule is COc1cc(C)c2c(C(C)C)nc(C)nn12. The molecule has 0 amide bonds. The second-order valence-electron chi connectivity index (χ2n) is 4.33. The van der Waals surface area contributed by atoms with E-state index in [0.717, 1.165) is 28.5 Å². The molecule has 0 saturated heterocycles. The standard InChI is InChI=1S/C12H17N3O/c1-7(2)11-12-8(3)6-10(16-5)15(12)14-9(4)13-11/h6-7H,1-5H3. The molecule has 0 aliphatic heterocycles. The molecule has 2 aromatic rings. The molecule has 0 aromatic carbocycles. The predicted octanol–water partition coefficient (Wildman–Crippen LogP) is 2.48. The monoisotopic (exact) mass is 219 g/mol. The zero-order valence-electron chi connectivity index (χ0n) is 10.4. The molecule has 0 N–H and O–H groups in total. The maximum Gasteiger partial charge on any atom is 0.215 e. The maximum absolute atomic E-state index is 5.31. The van der Waals surface area contributed by atoms with Gasteiger partial charge in [0.25, 0.3) is 0 Å². The van der Waals surface area contributed by atoms with Crippen LogP contribution in [0.15, 0.2) is 6.07 Å².